The van der Waals surface area contributed by atoms with Crippen molar-refractivity contribution in [2.45, 2.75) is 45.1 Å². The lowest BCUT2D eigenvalue weighted by molar-refractivity contribution is -0.143. The first-order chi connectivity index (χ1) is 9.00. The van der Waals surface area contributed by atoms with Gasteiger partial charge in [-0.2, -0.15) is 0 Å². The maximum Gasteiger partial charge on any atom is 0.326 e. The maximum atomic E-state index is 12.3. The molecular formula is C12H18N4O3. The second-order valence-corrected chi connectivity index (χ2v) is 5.05. The van der Waals surface area contributed by atoms with Gasteiger partial charge in [0.05, 0.1) is 0 Å². The summed E-state index contributed by atoms with van der Waals surface area (Å²) in [6.45, 7) is 4.33. The van der Waals surface area contributed by atoms with E-state index in [1.807, 2.05) is 13.8 Å². The molecule has 0 bridgehead atoms. The highest BCUT2D eigenvalue weighted by atomic mass is 16.4. The summed E-state index contributed by atoms with van der Waals surface area (Å²) in [5, 5.41) is 15.8. The van der Waals surface area contributed by atoms with Crippen molar-refractivity contribution in [3.63, 3.8) is 0 Å². The molecule has 0 spiro atoms. The first kappa shape index (κ1) is 13.5. The van der Waals surface area contributed by atoms with Crippen LogP contribution in [0.4, 0.5) is 0 Å². The van der Waals surface area contributed by atoms with Gasteiger partial charge in [-0.05, 0) is 19.3 Å². The Morgan fingerprint density at radius 3 is 2.74 bits per heavy atom. The third-order valence-corrected chi connectivity index (χ3v) is 3.29. The standard InChI is InChI=1S/C12H18N4O3/c1-7(2)9-13-10(15-14-9)11(17)16-6-4-3-5-8(16)12(18)19/h7-8H,3-6H2,1-2H3,(H,18,19)(H,13,14,15). The molecule has 1 aromatic rings. The van der Waals surface area contributed by atoms with Crippen LogP contribution in [0.2, 0.25) is 0 Å². The van der Waals surface area contributed by atoms with Gasteiger partial charge in [0.25, 0.3) is 5.91 Å². The minimum atomic E-state index is -0.965. The molecule has 2 N–H and O–H groups in total. The van der Waals surface area contributed by atoms with Crippen LogP contribution in [-0.4, -0.2) is 49.7 Å². The summed E-state index contributed by atoms with van der Waals surface area (Å²) in [4.78, 5) is 28.9. The maximum absolute atomic E-state index is 12.3. The van der Waals surface area contributed by atoms with Gasteiger partial charge >= 0.3 is 5.97 Å². The van der Waals surface area contributed by atoms with Crippen LogP contribution in [-0.2, 0) is 4.79 Å². The SMILES string of the molecule is CC(C)c1nc(C(=O)N2CCCCC2C(=O)O)n[nH]1. The monoisotopic (exact) mass is 266 g/mol. The summed E-state index contributed by atoms with van der Waals surface area (Å²) in [5.74, 6) is -0.544. The minimum Gasteiger partial charge on any atom is -0.480 e. The Hall–Kier alpha value is -1.92. The van der Waals surface area contributed by atoms with Crippen LogP contribution in [0.1, 0.15) is 55.5 Å². The number of amides is 1. The molecule has 2 heterocycles. The van der Waals surface area contributed by atoms with E-state index in [-0.39, 0.29) is 11.7 Å². The number of carbonyl (C=O) groups is 2. The highest BCUT2D eigenvalue weighted by Crippen LogP contribution is 2.19. The number of carboxylic acids is 1. The number of nitrogens with zero attached hydrogens (tertiary/aromatic N) is 3. The fourth-order valence-electron chi connectivity index (χ4n) is 2.19. The molecule has 1 aromatic heterocycles. The van der Waals surface area contributed by atoms with Crippen molar-refractivity contribution in [1.29, 1.82) is 0 Å². The van der Waals surface area contributed by atoms with Gasteiger partial charge in [-0.15, -0.1) is 5.10 Å². The summed E-state index contributed by atoms with van der Waals surface area (Å²) >= 11 is 0. The van der Waals surface area contributed by atoms with E-state index in [1.165, 1.54) is 4.90 Å². The molecule has 7 heteroatoms. The van der Waals surface area contributed by atoms with Crippen LogP contribution in [0.25, 0.3) is 0 Å². The zero-order chi connectivity index (χ0) is 14.0. The summed E-state index contributed by atoms with van der Waals surface area (Å²) < 4.78 is 0. The molecule has 2 rings (SSSR count). The number of aromatic amines is 1. The van der Waals surface area contributed by atoms with Crippen molar-refractivity contribution in [1.82, 2.24) is 20.1 Å². The van der Waals surface area contributed by atoms with Gasteiger partial charge in [0, 0.05) is 12.5 Å². The van der Waals surface area contributed by atoms with Gasteiger partial charge in [0.1, 0.15) is 11.9 Å². The van der Waals surface area contributed by atoms with Crippen molar-refractivity contribution in [3.8, 4) is 0 Å². The summed E-state index contributed by atoms with van der Waals surface area (Å²) in [6.07, 6.45) is 2.13. The molecule has 1 amide bonds. The molecule has 0 radical (unpaired) electrons. The molecule has 7 nitrogen and oxygen atoms in total. The Bertz CT molecular complexity index is 483. The highest BCUT2D eigenvalue weighted by molar-refractivity contribution is 5.93. The Morgan fingerprint density at radius 2 is 2.16 bits per heavy atom. The highest BCUT2D eigenvalue weighted by Gasteiger charge is 2.34. The van der Waals surface area contributed by atoms with E-state index in [0.29, 0.717) is 18.8 Å². The zero-order valence-corrected chi connectivity index (χ0v) is 11.1. The van der Waals surface area contributed by atoms with Gasteiger partial charge in [-0.25, -0.2) is 9.78 Å². The van der Waals surface area contributed by atoms with Gasteiger partial charge < -0.3 is 10.0 Å². The normalized spacial score (nSPS) is 19.7. The van der Waals surface area contributed by atoms with E-state index in [9.17, 15) is 9.59 Å². The van der Waals surface area contributed by atoms with Crippen LogP contribution in [0.5, 0.6) is 0 Å². The van der Waals surface area contributed by atoms with Gasteiger partial charge in [0.2, 0.25) is 5.82 Å². The van der Waals surface area contributed by atoms with Crippen molar-refractivity contribution in [3.05, 3.63) is 11.6 Å². The summed E-state index contributed by atoms with van der Waals surface area (Å²) in [5.41, 5.74) is 0. The molecule has 1 unspecified atom stereocenters. The zero-order valence-electron chi connectivity index (χ0n) is 11.1. The number of hydrogen-bond acceptors (Lipinski definition) is 4. The molecule has 0 aliphatic carbocycles. The predicted octanol–water partition coefficient (Wildman–Crippen LogP) is 1.01. The third kappa shape index (κ3) is 2.74. The largest absolute Gasteiger partial charge is 0.480 e. The number of piperidine rings is 1. The molecule has 104 valence electrons. The molecule has 0 saturated carbocycles. The van der Waals surface area contributed by atoms with Crippen LogP contribution in [0.3, 0.4) is 0 Å². The predicted molar refractivity (Wildman–Crippen MR) is 66.8 cm³/mol. The van der Waals surface area contributed by atoms with Gasteiger partial charge in [-0.3, -0.25) is 9.89 Å². The van der Waals surface area contributed by atoms with E-state index in [0.717, 1.165) is 12.8 Å². The molecule has 1 aliphatic heterocycles. The molecule has 1 atom stereocenters. The second-order valence-electron chi connectivity index (χ2n) is 5.05. The number of nitrogens with one attached hydrogen (secondary N) is 1. The Morgan fingerprint density at radius 1 is 1.42 bits per heavy atom. The smallest absolute Gasteiger partial charge is 0.326 e. The fourth-order valence-corrected chi connectivity index (χ4v) is 2.19. The quantitative estimate of drug-likeness (QED) is 0.850. The van der Waals surface area contributed by atoms with E-state index < -0.39 is 17.9 Å². The van der Waals surface area contributed by atoms with Crippen LogP contribution in [0, 0.1) is 0 Å². The number of hydrogen-bond donors (Lipinski definition) is 2. The van der Waals surface area contributed by atoms with Gasteiger partial charge in [-0.1, -0.05) is 13.8 Å². The van der Waals surface area contributed by atoms with Crippen LogP contribution < -0.4 is 0 Å². The summed E-state index contributed by atoms with van der Waals surface area (Å²) in [6, 6.07) is -0.762. The lowest BCUT2D eigenvalue weighted by Gasteiger charge is -2.31. The van der Waals surface area contributed by atoms with Crippen LogP contribution in [0.15, 0.2) is 0 Å². The number of rotatable bonds is 3. The van der Waals surface area contributed by atoms with E-state index in [1.54, 1.807) is 0 Å². The molecule has 19 heavy (non-hydrogen) atoms. The Labute approximate surface area is 111 Å². The second kappa shape index (κ2) is 5.38. The lowest BCUT2D eigenvalue weighted by Crippen LogP contribution is -2.48. The molecule has 0 aromatic carbocycles. The first-order valence-electron chi connectivity index (χ1n) is 6.46. The van der Waals surface area contributed by atoms with Crippen LogP contribution >= 0.6 is 0 Å². The molecule has 1 fully saturated rings. The molecular weight excluding hydrogens is 248 g/mol. The number of carbonyl (C=O) groups excluding carboxylic acids is 1. The minimum absolute atomic E-state index is 0.0526. The number of aromatic nitrogens is 3. The number of likely N-dealkylation sites (tertiary alicyclic amines) is 1. The Kier molecular flexibility index (Phi) is 3.82. The van der Waals surface area contributed by atoms with E-state index in [4.69, 9.17) is 5.11 Å². The Balaban J connectivity index is 2.18. The summed E-state index contributed by atoms with van der Waals surface area (Å²) in [7, 11) is 0. The molecule has 1 saturated heterocycles. The topological polar surface area (TPSA) is 99.2 Å². The van der Waals surface area contributed by atoms with Gasteiger partial charge in [0.15, 0.2) is 0 Å². The van der Waals surface area contributed by atoms with Crippen molar-refractivity contribution in [2.75, 3.05) is 6.54 Å². The number of H-pyrrole nitrogens is 1. The van der Waals surface area contributed by atoms with E-state index >= 15 is 0 Å². The third-order valence-electron chi connectivity index (χ3n) is 3.29. The number of carboxylic acid groups (broad SMARTS) is 1. The average Bonchev–Trinajstić information content (AvgIpc) is 2.87. The van der Waals surface area contributed by atoms with Crippen molar-refractivity contribution >= 4 is 11.9 Å². The fraction of sp³-hybridized carbons (Fsp3) is 0.667. The first-order valence-corrected chi connectivity index (χ1v) is 6.46. The average molecular weight is 266 g/mol. The van der Waals surface area contributed by atoms with Crippen molar-refractivity contribution < 1.29 is 14.7 Å². The van der Waals surface area contributed by atoms with E-state index in [2.05, 4.69) is 15.2 Å². The lowest BCUT2D eigenvalue weighted by atomic mass is 10.0. The number of aliphatic carboxylic acids is 1. The van der Waals surface area contributed by atoms with Crippen molar-refractivity contribution in [2.24, 2.45) is 0 Å². The molecule has 1 aliphatic rings.